The molecule has 0 heterocycles. The van der Waals surface area contributed by atoms with Crippen molar-refractivity contribution in [1.29, 1.82) is 0 Å². The molecule has 0 aliphatic rings. The lowest BCUT2D eigenvalue weighted by molar-refractivity contribution is 0.319. The molecule has 0 radical (unpaired) electrons. The molecule has 0 aliphatic heterocycles. The van der Waals surface area contributed by atoms with E-state index in [1.54, 1.807) is 0 Å². The third-order valence-corrected chi connectivity index (χ3v) is 2.91. The van der Waals surface area contributed by atoms with Gasteiger partial charge in [0.2, 0.25) is 0 Å². The van der Waals surface area contributed by atoms with Crippen molar-refractivity contribution in [3.05, 3.63) is 0 Å². The van der Waals surface area contributed by atoms with Crippen molar-refractivity contribution >= 4 is 0 Å². The van der Waals surface area contributed by atoms with Crippen LogP contribution in [0.2, 0.25) is 0 Å². The molecule has 0 amide bonds. The Hall–Kier alpha value is 0. The van der Waals surface area contributed by atoms with E-state index in [1.165, 1.54) is 25.7 Å². The second-order valence-electron chi connectivity index (χ2n) is 4.71. The molecule has 2 unspecified atom stereocenters. The van der Waals surface area contributed by atoms with Crippen LogP contribution >= 0.6 is 0 Å². The van der Waals surface area contributed by atoms with E-state index >= 15 is 0 Å². The fourth-order valence-corrected chi connectivity index (χ4v) is 1.62. The third-order valence-electron chi connectivity index (χ3n) is 2.91. The van der Waals surface area contributed by atoms with Crippen LogP contribution in [0.3, 0.4) is 0 Å². The Balaban J connectivity index is -0.000000376. The largest absolute Gasteiger partial charge is 0.0683 e. The van der Waals surface area contributed by atoms with Gasteiger partial charge in [-0.1, -0.05) is 88.0 Å². The van der Waals surface area contributed by atoms with E-state index in [4.69, 9.17) is 0 Å². The fourth-order valence-electron chi connectivity index (χ4n) is 1.62. The highest BCUT2D eigenvalue weighted by molar-refractivity contribution is 4.62. The van der Waals surface area contributed by atoms with E-state index in [9.17, 15) is 0 Å². The van der Waals surface area contributed by atoms with Gasteiger partial charge in [-0.2, -0.15) is 0 Å². The highest BCUT2D eigenvalue weighted by Gasteiger charge is 2.11. The molecule has 0 nitrogen and oxygen atoms in total. The summed E-state index contributed by atoms with van der Waals surface area (Å²) in [5.41, 5.74) is 0. The molecule has 0 spiro atoms. The summed E-state index contributed by atoms with van der Waals surface area (Å²) >= 11 is 0. The van der Waals surface area contributed by atoms with Gasteiger partial charge in [0.25, 0.3) is 0 Å². The highest BCUT2D eigenvalue weighted by atomic mass is 14.2. The molecule has 0 aromatic carbocycles. The normalized spacial score (nSPS) is 13.1. The summed E-state index contributed by atoms with van der Waals surface area (Å²) in [6.07, 6.45) is 5.56. The van der Waals surface area contributed by atoms with Crippen LogP contribution < -0.4 is 0 Å². The summed E-state index contributed by atoms with van der Waals surface area (Å²) in [7, 11) is 0. The second kappa shape index (κ2) is 17.4. The van der Waals surface area contributed by atoms with Crippen LogP contribution in [0.1, 0.15) is 88.0 Å². The fraction of sp³-hybridized carbons (Fsp3) is 1.00. The van der Waals surface area contributed by atoms with Gasteiger partial charge in [-0.3, -0.25) is 0 Å². The van der Waals surface area contributed by atoms with Gasteiger partial charge in [0, 0.05) is 0 Å². The number of rotatable bonds is 6. The highest BCUT2D eigenvalue weighted by Crippen LogP contribution is 2.22. The van der Waals surface area contributed by atoms with Crippen LogP contribution in [0.25, 0.3) is 0 Å². The first-order valence-corrected chi connectivity index (χ1v) is 7.57. The van der Waals surface area contributed by atoms with Crippen LogP contribution in [0, 0.1) is 17.8 Å². The summed E-state index contributed by atoms with van der Waals surface area (Å²) in [4.78, 5) is 0. The van der Waals surface area contributed by atoms with Gasteiger partial charge in [0.15, 0.2) is 0 Å². The lowest BCUT2D eigenvalue weighted by Crippen LogP contribution is -2.08. The van der Waals surface area contributed by atoms with Crippen LogP contribution in [-0.2, 0) is 0 Å². The molecule has 102 valence electrons. The molecule has 0 saturated heterocycles. The first-order chi connectivity index (χ1) is 7.57. The van der Waals surface area contributed by atoms with Crippen LogP contribution in [0.4, 0.5) is 0 Å². The first-order valence-electron chi connectivity index (χ1n) is 7.57. The SMILES string of the molecule is CC.CC.CCCC(C)C(C)CCC(C)C. The van der Waals surface area contributed by atoms with Gasteiger partial charge in [-0.25, -0.2) is 0 Å². The molecule has 2 atom stereocenters. The van der Waals surface area contributed by atoms with Crippen molar-refractivity contribution < 1.29 is 0 Å². The zero-order valence-electron chi connectivity index (χ0n) is 13.6. The van der Waals surface area contributed by atoms with E-state index in [0.29, 0.717) is 0 Å². The van der Waals surface area contributed by atoms with E-state index in [2.05, 4.69) is 34.6 Å². The van der Waals surface area contributed by atoms with Gasteiger partial charge in [-0.05, 0) is 17.8 Å². The van der Waals surface area contributed by atoms with Gasteiger partial charge < -0.3 is 0 Å². The Labute approximate surface area is 106 Å². The monoisotopic (exact) mass is 230 g/mol. The summed E-state index contributed by atoms with van der Waals surface area (Å²) < 4.78 is 0. The van der Waals surface area contributed by atoms with Crippen LogP contribution in [-0.4, -0.2) is 0 Å². The molecule has 16 heavy (non-hydrogen) atoms. The van der Waals surface area contributed by atoms with Crippen molar-refractivity contribution in [2.24, 2.45) is 17.8 Å². The average Bonchev–Trinajstić information content (AvgIpc) is 2.31. The summed E-state index contributed by atoms with van der Waals surface area (Å²) in [6.45, 7) is 19.7. The van der Waals surface area contributed by atoms with Gasteiger partial charge in [-0.15, -0.1) is 0 Å². The lowest BCUT2D eigenvalue weighted by atomic mass is 9.86. The molecule has 0 rings (SSSR count). The smallest absolute Gasteiger partial charge is 0.0417 e. The van der Waals surface area contributed by atoms with Crippen molar-refractivity contribution in [3.63, 3.8) is 0 Å². The Morgan fingerprint density at radius 2 is 1.00 bits per heavy atom. The number of hydrogen-bond acceptors (Lipinski definition) is 0. The standard InChI is InChI=1S/C12H26.2C2H6/c1-6-7-11(4)12(5)9-8-10(2)3;2*1-2/h10-12H,6-9H2,1-5H3;2*1-2H3. The van der Waals surface area contributed by atoms with Crippen molar-refractivity contribution in [3.8, 4) is 0 Å². The van der Waals surface area contributed by atoms with Crippen LogP contribution in [0.5, 0.6) is 0 Å². The predicted octanol–water partition coefficient (Wildman–Crippen LogP) is 6.55. The van der Waals surface area contributed by atoms with Gasteiger partial charge >= 0.3 is 0 Å². The van der Waals surface area contributed by atoms with E-state index in [0.717, 1.165) is 17.8 Å². The maximum absolute atomic E-state index is 2.41. The lowest BCUT2D eigenvalue weighted by Gasteiger charge is -2.19. The van der Waals surface area contributed by atoms with E-state index < -0.39 is 0 Å². The molecule has 0 fully saturated rings. The molecule has 0 saturated carbocycles. The molecule has 0 bridgehead atoms. The Morgan fingerprint density at radius 3 is 1.31 bits per heavy atom. The quantitative estimate of drug-likeness (QED) is 0.485. The molecule has 0 heteroatoms. The maximum atomic E-state index is 2.41. The van der Waals surface area contributed by atoms with Gasteiger partial charge in [0.1, 0.15) is 0 Å². The maximum Gasteiger partial charge on any atom is -0.0417 e. The zero-order valence-corrected chi connectivity index (χ0v) is 13.6. The van der Waals surface area contributed by atoms with Gasteiger partial charge in [0.05, 0.1) is 0 Å². The van der Waals surface area contributed by atoms with E-state index in [-0.39, 0.29) is 0 Å². The van der Waals surface area contributed by atoms with E-state index in [1.807, 2.05) is 27.7 Å². The van der Waals surface area contributed by atoms with Crippen molar-refractivity contribution in [2.75, 3.05) is 0 Å². The Bertz CT molecular complexity index is 94.2. The van der Waals surface area contributed by atoms with Crippen molar-refractivity contribution in [1.82, 2.24) is 0 Å². The summed E-state index contributed by atoms with van der Waals surface area (Å²) in [5.74, 6) is 2.72. The Morgan fingerprint density at radius 1 is 0.625 bits per heavy atom. The molecule has 0 aliphatic carbocycles. The minimum absolute atomic E-state index is 0.876. The predicted molar refractivity (Wildman–Crippen MR) is 80.0 cm³/mol. The van der Waals surface area contributed by atoms with Crippen LogP contribution in [0.15, 0.2) is 0 Å². The third kappa shape index (κ3) is 16.4. The minimum Gasteiger partial charge on any atom is -0.0683 e. The first kappa shape index (κ1) is 21.3. The molecular weight excluding hydrogens is 192 g/mol. The summed E-state index contributed by atoms with van der Waals surface area (Å²) in [6, 6.07) is 0. The molecular formula is C16H38. The second-order valence-corrected chi connectivity index (χ2v) is 4.71. The minimum atomic E-state index is 0.876. The molecule has 0 N–H and O–H groups in total. The van der Waals surface area contributed by atoms with Crippen molar-refractivity contribution in [2.45, 2.75) is 88.0 Å². The molecule has 0 aromatic rings. The topological polar surface area (TPSA) is 0 Å². The average molecular weight is 230 g/mol. The number of hydrogen-bond donors (Lipinski definition) is 0. The zero-order chi connectivity index (χ0) is 13.6. The molecule has 0 aromatic heterocycles. The summed E-state index contributed by atoms with van der Waals surface area (Å²) in [5, 5.41) is 0. The Kier molecular flexibility index (Phi) is 23.2.